The van der Waals surface area contributed by atoms with Crippen LogP contribution in [-0.4, -0.2) is 51.9 Å². The van der Waals surface area contributed by atoms with Gasteiger partial charge in [-0.05, 0) is 50.3 Å². The van der Waals surface area contributed by atoms with Crippen molar-refractivity contribution in [3.05, 3.63) is 29.7 Å². The molecule has 2 atom stereocenters. The van der Waals surface area contributed by atoms with E-state index in [1.807, 2.05) is 6.92 Å². The van der Waals surface area contributed by atoms with Gasteiger partial charge >= 0.3 is 6.18 Å². The number of halogens is 3. The lowest BCUT2D eigenvalue weighted by atomic mass is 9.86. The highest BCUT2D eigenvalue weighted by atomic mass is 19.4. The predicted molar refractivity (Wildman–Crippen MR) is 128 cm³/mol. The molecule has 0 radical (unpaired) electrons. The molecule has 0 bridgehead atoms. The van der Waals surface area contributed by atoms with Crippen molar-refractivity contribution in [1.29, 1.82) is 0 Å². The normalized spacial score (nSPS) is 21.8. The Morgan fingerprint density at radius 1 is 1.25 bits per heavy atom. The minimum atomic E-state index is -4.61. The van der Waals surface area contributed by atoms with E-state index in [0.717, 1.165) is 18.9 Å². The first-order chi connectivity index (χ1) is 17.3. The minimum absolute atomic E-state index is 0.00981. The molecular formula is C25H34F3N5O3. The molecule has 1 aromatic carbocycles. The average Bonchev–Trinajstić information content (AvgIpc) is 3.49. The molecule has 36 heavy (non-hydrogen) atoms. The summed E-state index contributed by atoms with van der Waals surface area (Å²) in [5, 5.41) is 14.3. The van der Waals surface area contributed by atoms with Gasteiger partial charge in [-0.2, -0.15) is 18.2 Å². The van der Waals surface area contributed by atoms with Crippen LogP contribution >= 0.6 is 0 Å². The van der Waals surface area contributed by atoms with Crippen molar-refractivity contribution in [2.24, 2.45) is 16.6 Å². The molecule has 8 nitrogen and oxygen atoms in total. The molecule has 3 N–H and O–H groups in total. The van der Waals surface area contributed by atoms with Crippen LogP contribution in [0, 0.1) is 5.92 Å². The lowest BCUT2D eigenvalue weighted by Crippen LogP contribution is -2.39. The van der Waals surface area contributed by atoms with Crippen LogP contribution in [0.2, 0.25) is 0 Å². The number of nitrogens with zero attached hydrogens (tertiary/aromatic N) is 4. The molecule has 2 fully saturated rings. The molecule has 1 aromatic heterocycles. The number of likely N-dealkylation sites (tertiary alicyclic amines) is 1. The summed E-state index contributed by atoms with van der Waals surface area (Å²) in [5.74, 6) is 0.741. The maximum Gasteiger partial charge on any atom is 0.419 e. The van der Waals surface area contributed by atoms with Crippen molar-refractivity contribution >= 4 is 5.96 Å². The van der Waals surface area contributed by atoms with Crippen LogP contribution in [0.5, 0.6) is 5.75 Å². The molecule has 1 aliphatic heterocycles. The number of rotatable bonds is 8. The van der Waals surface area contributed by atoms with E-state index in [-0.39, 0.29) is 35.6 Å². The maximum atomic E-state index is 13.8. The molecule has 0 amide bonds. The number of alkyl halides is 3. The Hall–Kier alpha value is -2.82. The van der Waals surface area contributed by atoms with Crippen LogP contribution in [-0.2, 0) is 6.18 Å². The lowest BCUT2D eigenvalue weighted by Gasteiger charge is -2.23. The zero-order valence-corrected chi connectivity index (χ0v) is 20.5. The molecule has 4 rings (SSSR count). The van der Waals surface area contributed by atoms with E-state index in [1.54, 1.807) is 4.90 Å². The van der Waals surface area contributed by atoms with E-state index in [4.69, 9.17) is 15.0 Å². The monoisotopic (exact) mass is 509 g/mol. The zero-order chi connectivity index (χ0) is 25.7. The number of ether oxygens (including phenoxy) is 1. The van der Waals surface area contributed by atoms with Crippen molar-refractivity contribution in [3.8, 4) is 17.1 Å². The molecule has 1 saturated carbocycles. The van der Waals surface area contributed by atoms with Gasteiger partial charge in [-0.3, -0.25) is 4.99 Å². The van der Waals surface area contributed by atoms with Gasteiger partial charge in [0.2, 0.25) is 5.82 Å². The highest BCUT2D eigenvalue weighted by Gasteiger charge is 2.40. The van der Waals surface area contributed by atoms with Gasteiger partial charge in [0.05, 0.1) is 18.3 Å². The SMILES string of the molecule is CCN=C(N)N1CC[C@H](O)[C@H]1c1nc(-c2ccc(OCCCC3CCCCC3)c(C(F)(F)F)c2)no1. The summed E-state index contributed by atoms with van der Waals surface area (Å²) in [6.45, 7) is 2.99. The summed E-state index contributed by atoms with van der Waals surface area (Å²) < 4.78 is 52.4. The van der Waals surface area contributed by atoms with E-state index in [2.05, 4.69) is 15.1 Å². The third-order valence-electron chi connectivity index (χ3n) is 6.96. The first-order valence-corrected chi connectivity index (χ1v) is 12.7. The minimum Gasteiger partial charge on any atom is -0.493 e. The third kappa shape index (κ3) is 6.11. The highest BCUT2D eigenvalue weighted by molar-refractivity contribution is 5.79. The Kier molecular flexibility index (Phi) is 8.38. The van der Waals surface area contributed by atoms with Crippen LogP contribution in [0.15, 0.2) is 27.7 Å². The number of hydrogen-bond acceptors (Lipinski definition) is 6. The summed E-state index contributed by atoms with van der Waals surface area (Å²) in [4.78, 5) is 10.1. The number of aromatic nitrogens is 2. The predicted octanol–water partition coefficient (Wildman–Crippen LogP) is 4.94. The molecule has 0 unspecified atom stereocenters. The van der Waals surface area contributed by atoms with E-state index in [1.165, 1.54) is 44.2 Å². The molecule has 1 aliphatic carbocycles. The van der Waals surface area contributed by atoms with Gasteiger partial charge in [0.1, 0.15) is 11.8 Å². The molecule has 2 aliphatic rings. The Morgan fingerprint density at radius 2 is 2.03 bits per heavy atom. The van der Waals surface area contributed by atoms with Crippen molar-refractivity contribution in [3.63, 3.8) is 0 Å². The van der Waals surface area contributed by atoms with Crippen LogP contribution in [0.3, 0.4) is 0 Å². The number of hydrogen-bond donors (Lipinski definition) is 2. The standard InChI is InChI=1S/C25H34F3N5O3/c1-2-30-24(29)33-13-12-19(34)21(33)23-31-22(32-36-23)17-10-11-20(18(15-17)25(26,27)28)35-14-6-9-16-7-4-3-5-8-16/h10-11,15-16,19,21,34H,2-9,12-14H2,1H3,(H2,29,30)/t19-,21-/m0/s1. The Bertz CT molecular complexity index is 1040. The smallest absolute Gasteiger partial charge is 0.419 e. The second kappa shape index (κ2) is 11.5. The van der Waals surface area contributed by atoms with Crippen molar-refractivity contribution in [2.45, 2.75) is 76.6 Å². The van der Waals surface area contributed by atoms with E-state index in [9.17, 15) is 18.3 Å². The van der Waals surface area contributed by atoms with Crippen LogP contribution in [0.1, 0.15) is 75.8 Å². The molecular weight excluding hydrogens is 475 g/mol. The quantitative estimate of drug-likeness (QED) is 0.295. The van der Waals surface area contributed by atoms with Gasteiger partial charge < -0.3 is 25.0 Å². The number of aliphatic imine (C=N–C) groups is 1. The fraction of sp³-hybridized carbons (Fsp3) is 0.640. The van der Waals surface area contributed by atoms with Gasteiger partial charge in [0.25, 0.3) is 5.89 Å². The zero-order valence-electron chi connectivity index (χ0n) is 20.5. The largest absolute Gasteiger partial charge is 0.493 e. The maximum absolute atomic E-state index is 13.8. The van der Waals surface area contributed by atoms with E-state index in [0.29, 0.717) is 25.4 Å². The molecule has 0 spiro atoms. The Morgan fingerprint density at radius 3 is 2.75 bits per heavy atom. The molecule has 1 saturated heterocycles. The molecule has 2 heterocycles. The molecule has 2 aromatic rings. The van der Waals surface area contributed by atoms with Crippen LogP contribution < -0.4 is 10.5 Å². The summed E-state index contributed by atoms with van der Waals surface area (Å²) in [6, 6.07) is 3.05. The Labute approximate surface area is 208 Å². The van der Waals surface area contributed by atoms with Gasteiger partial charge in [-0.25, -0.2) is 0 Å². The lowest BCUT2D eigenvalue weighted by molar-refractivity contribution is -0.138. The summed E-state index contributed by atoms with van der Waals surface area (Å²) in [7, 11) is 0. The second-order valence-corrected chi connectivity index (χ2v) is 9.49. The van der Waals surface area contributed by atoms with Crippen LogP contribution in [0.4, 0.5) is 13.2 Å². The number of nitrogens with two attached hydrogens (primary N) is 1. The van der Waals surface area contributed by atoms with Gasteiger partial charge in [0.15, 0.2) is 5.96 Å². The molecule has 198 valence electrons. The van der Waals surface area contributed by atoms with Gasteiger partial charge in [-0.15, -0.1) is 0 Å². The highest BCUT2D eigenvalue weighted by Crippen LogP contribution is 2.39. The van der Waals surface area contributed by atoms with Crippen molar-refractivity contribution in [1.82, 2.24) is 15.0 Å². The van der Waals surface area contributed by atoms with Gasteiger partial charge in [0, 0.05) is 18.7 Å². The average molecular weight is 510 g/mol. The van der Waals surface area contributed by atoms with Crippen molar-refractivity contribution < 1.29 is 27.5 Å². The first kappa shape index (κ1) is 26.2. The van der Waals surface area contributed by atoms with E-state index < -0.39 is 23.9 Å². The topological polar surface area (TPSA) is 110 Å². The number of aliphatic hydroxyl groups excluding tert-OH is 1. The second-order valence-electron chi connectivity index (χ2n) is 9.49. The first-order valence-electron chi connectivity index (χ1n) is 12.7. The van der Waals surface area contributed by atoms with Crippen LogP contribution in [0.25, 0.3) is 11.4 Å². The fourth-order valence-corrected chi connectivity index (χ4v) is 5.10. The summed E-state index contributed by atoms with van der Waals surface area (Å²) >= 11 is 0. The van der Waals surface area contributed by atoms with Crippen molar-refractivity contribution in [2.75, 3.05) is 19.7 Å². The number of guanidine groups is 1. The fourth-order valence-electron chi connectivity index (χ4n) is 5.10. The molecule has 11 heteroatoms. The number of benzene rings is 1. The van der Waals surface area contributed by atoms with Gasteiger partial charge in [-0.1, -0.05) is 37.3 Å². The summed E-state index contributed by atoms with van der Waals surface area (Å²) in [5.41, 5.74) is 5.27. The van der Waals surface area contributed by atoms with E-state index >= 15 is 0 Å². The number of aliphatic hydroxyl groups is 1. The Balaban J connectivity index is 1.48. The summed E-state index contributed by atoms with van der Waals surface area (Å²) in [6.07, 6.45) is 2.84. The third-order valence-corrected chi connectivity index (χ3v) is 6.96.